The van der Waals surface area contributed by atoms with E-state index in [-0.39, 0.29) is 5.41 Å². The van der Waals surface area contributed by atoms with Crippen LogP contribution >= 0.6 is 0 Å². The minimum Gasteiger partial charge on any atom is -0.311 e. The summed E-state index contributed by atoms with van der Waals surface area (Å²) in [6, 6.07) is 68.0. The number of nitrogens with zero attached hydrogens (tertiary/aromatic N) is 2. The largest absolute Gasteiger partial charge is 0.311 e. The summed E-state index contributed by atoms with van der Waals surface area (Å²) in [5, 5.41) is 2.48. The van der Waals surface area contributed by atoms with Crippen molar-refractivity contribution < 1.29 is 0 Å². The van der Waals surface area contributed by atoms with Crippen molar-refractivity contribution in [2.45, 2.75) is 26.2 Å². The number of benzene rings is 8. The third-order valence-electron chi connectivity index (χ3n) is 10.9. The maximum atomic E-state index is 2.42. The van der Waals surface area contributed by atoms with E-state index in [2.05, 4.69) is 231 Å². The Morgan fingerprint density at radius 3 is 1.59 bits per heavy atom. The zero-order valence-corrected chi connectivity index (χ0v) is 30.9. The molecule has 0 aromatic heterocycles. The van der Waals surface area contributed by atoms with Crippen LogP contribution in [0.2, 0.25) is 0 Å². The SMILES string of the molecule is Cc1ccccc1N(c1ccc2c(c1)C(C)(C)c1cc(C=Cc3ccc(N(c4ccccc4)c4ccccc4)cc3)ccc1-2)c1ccc2ccccc2c1. The van der Waals surface area contributed by atoms with E-state index in [9.17, 15) is 0 Å². The third kappa shape index (κ3) is 6.06. The molecule has 9 rings (SSSR count). The maximum Gasteiger partial charge on any atom is 0.0490 e. The lowest BCUT2D eigenvalue weighted by Crippen LogP contribution is -2.17. The van der Waals surface area contributed by atoms with E-state index < -0.39 is 0 Å². The van der Waals surface area contributed by atoms with Gasteiger partial charge in [0.15, 0.2) is 0 Å². The lowest BCUT2D eigenvalue weighted by molar-refractivity contribution is 0.660. The highest BCUT2D eigenvalue weighted by Crippen LogP contribution is 2.51. The smallest absolute Gasteiger partial charge is 0.0490 e. The van der Waals surface area contributed by atoms with Gasteiger partial charge in [-0.2, -0.15) is 0 Å². The molecule has 0 aliphatic heterocycles. The predicted octanol–water partition coefficient (Wildman–Crippen LogP) is 14.6. The molecular formula is C52H42N2. The molecule has 0 heterocycles. The number of rotatable bonds is 8. The van der Waals surface area contributed by atoms with Crippen LogP contribution in [0.3, 0.4) is 0 Å². The van der Waals surface area contributed by atoms with Crippen LogP contribution < -0.4 is 9.80 Å². The van der Waals surface area contributed by atoms with Crippen LogP contribution in [0.15, 0.2) is 188 Å². The zero-order chi connectivity index (χ0) is 36.6. The highest BCUT2D eigenvalue weighted by atomic mass is 15.1. The maximum absolute atomic E-state index is 2.42. The normalized spacial score (nSPS) is 12.8. The van der Waals surface area contributed by atoms with Crippen molar-refractivity contribution in [3.8, 4) is 11.1 Å². The standard InChI is InChI=1S/C52H42N2/c1-37-14-10-13-21-51(37)54(45-30-27-40-15-11-12-16-41(40)35-45)46-31-33-48-47-32-26-39(34-49(47)52(2,3)50(48)36-46)23-22-38-24-28-44(29-25-38)53(42-17-6-4-7-18-42)43-19-8-5-9-20-43/h4-36H,1-3H3. The highest BCUT2D eigenvalue weighted by molar-refractivity contribution is 5.91. The molecule has 0 spiro atoms. The van der Waals surface area contributed by atoms with Crippen LogP contribution in [0.25, 0.3) is 34.1 Å². The quantitative estimate of drug-likeness (QED) is 0.146. The fourth-order valence-electron chi connectivity index (χ4n) is 8.07. The second-order valence-electron chi connectivity index (χ2n) is 14.7. The van der Waals surface area contributed by atoms with E-state index in [1.807, 2.05) is 0 Å². The van der Waals surface area contributed by atoms with Crippen molar-refractivity contribution in [3.05, 3.63) is 216 Å². The Bertz CT molecular complexity index is 2600. The molecule has 0 amide bonds. The van der Waals surface area contributed by atoms with E-state index in [0.29, 0.717) is 0 Å². The molecule has 0 saturated heterocycles. The zero-order valence-electron chi connectivity index (χ0n) is 30.9. The summed E-state index contributed by atoms with van der Waals surface area (Å²) in [5.74, 6) is 0. The molecule has 8 aromatic rings. The molecule has 0 N–H and O–H groups in total. The Morgan fingerprint density at radius 1 is 0.389 bits per heavy atom. The van der Waals surface area contributed by atoms with Crippen molar-refractivity contribution in [2.24, 2.45) is 0 Å². The van der Waals surface area contributed by atoms with Gasteiger partial charge in [-0.25, -0.2) is 0 Å². The molecule has 1 aliphatic rings. The molecule has 54 heavy (non-hydrogen) atoms. The van der Waals surface area contributed by atoms with Gasteiger partial charge in [0.2, 0.25) is 0 Å². The number of anilines is 6. The van der Waals surface area contributed by atoms with Gasteiger partial charge < -0.3 is 9.80 Å². The van der Waals surface area contributed by atoms with E-state index in [1.165, 1.54) is 55.5 Å². The number of hydrogen-bond acceptors (Lipinski definition) is 2. The fraction of sp³-hybridized carbons (Fsp3) is 0.0769. The minimum atomic E-state index is -0.161. The van der Waals surface area contributed by atoms with Crippen LogP contribution in [0, 0.1) is 6.92 Å². The van der Waals surface area contributed by atoms with Gasteiger partial charge in [0.1, 0.15) is 0 Å². The molecule has 0 unspecified atom stereocenters. The summed E-state index contributed by atoms with van der Waals surface area (Å²) in [7, 11) is 0. The topological polar surface area (TPSA) is 6.48 Å². The Labute approximate surface area is 318 Å². The lowest BCUT2D eigenvalue weighted by atomic mass is 9.81. The minimum absolute atomic E-state index is 0.161. The van der Waals surface area contributed by atoms with Crippen molar-refractivity contribution in [1.82, 2.24) is 0 Å². The Hall–Kier alpha value is -6.64. The van der Waals surface area contributed by atoms with Crippen molar-refractivity contribution >= 4 is 57.0 Å². The molecule has 2 nitrogen and oxygen atoms in total. The van der Waals surface area contributed by atoms with Crippen LogP contribution in [0.4, 0.5) is 34.1 Å². The van der Waals surface area contributed by atoms with Gasteiger partial charge >= 0.3 is 0 Å². The molecule has 260 valence electrons. The van der Waals surface area contributed by atoms with Gasteiger partial charge in [-0.3, -0.25) is 0 Å². The van der Waals surface area contributed by atoms with Gasteiger partial charge in [0, 0.05) is 39.5 Å². The predicted molar refractivity (Wildman–Crippen MR) is 231 cm³/mol. The van der Waals surface area contributed by atoms with E-state index in [0.717, 1.165) is 28.3 Å². The second kappa shape index (κ2) is 13.7. The first kappa shape index (κ1) is 33.2. The summed E-state index contributed by atoms with van der Waals surface area (Å²) >= 11 is 0. The molecule has 0 radical (unpaired) electrons. The average molecular weight is 695 g/mol. The van der Waals surface area contributed by atoms with Gasteiger partial charge in [0.05, 0.1) is 0 Å². The summed E-state index contributed by atoms with van der Waals surface area (Å²) in [4.78, 5) is 4.71. The number of fused-ring (bicyclic) bond motifs is 4. The molecule has 0 bridgehead atoms. The first-order valence-electron chi connectivity index (χ1n) is 18.8. The Balaban J connectivity index is 1.02. The van der Waals surface area contributed by atoms with Gasteiger partial charge in [-0.1, -0.05) is 147 Å². The average Bonchev–Trinajstić information content (AvgIpc) is 3.44. The molecule has 8 aromatic carbocycles. The second-order valence-corrected chi connectivity index (χ2v) is 14.7. The van der Waals surface area contributed by atoms with Gasteiger partial charge in [0.25, 0.3) is 0 Å². The molecular weight excluding hydrogens is 653 g/mol. The molecule has 2 heteroatoms. The summed E-state index contributed by atoms with van der Waals surface area (Å²) in [6.07, 6.45) is 4.46. The number of hydrogen-bond donors (Lipinski definition) is 0. The van der Waals surface area contributed by atoms with Crippen molar-refractivity contribution in [3.63, 3.8) is 0 Å². The summed E-state index contributed by atoms with van der Waals surface area (Å²) in [6.45, 7) is 6.93. The Morgan fingerprint density at radius 2 is 0.889 bits per heavy atom. The van der Waals surface area contributed by atoms with Gasteiger partial charge in [-0.05, 0) is 123 Å². The number of aryl methyl sites for hydroxylation is 1. The van der Waals surface area contributed by atoms with Crippen LogP contribution in [-0.2, 0) is 5.41 Å². The first-order valence-corrected chi connectivity index (χ1v) is 18.8. The van der Waals surface area contributed by atoms with Crippen LogP contribution in [0.5, 0.6) is 0 Å². The van der Waals surface area contributed by atoms with E-state index >= 15 is 0 Å². The molecule has 0 atom stereocenters. The molecule has 1 aliphatic carbocycles. The Kier molecular flexibility index (Phi) is 8.44. The highest BCUT2D eigenvalue weighted by Gasteiger charge is 2.36. The van der Waals surface area contributed by atoms with Crippen molar-refractivity contribution in [2.75, 3.05) is 9.80 Å². The van der Waals surface area contributed by atoms with E-state index in [1.54, 1.807) is 0 Å². The van der Waals surface area contributed by atoms with Gasteiger partial charge in [-0.15, -0.1) is 0 Å². The number of para-hydroxylation sites is 3. The molecule has 0 fully saturated rings. The van der Waals surface area contributed by atoms with Crippen LogP contribution in [0.1, 0.15) is 41.7 Å². The monoisotopic (exact) mass is 694 g/mol. The van der Waals surface area contributed by atoms with Crippen LogP contribution in [-0.4, -0.2) is 0 Å². The molecule has 0 saturated carbocycles. The summed E-state index contributed by atoms with van der Waals surface area (Å²) < 4.78 is 0. The van der Waals surface area contributed by atoms with E-state index in [4.69, 9.17) is 0 Å². The summed E-state index contributed by atoms with van der Waals surface area (Å²) in [5.41, 5.74) is 15.7. The lowest BCUT2D eigenvalue weighted by Gasteiger charge is -2.29. The third-order valence-corrected chi connectivity index (χ3v) is 10.9. The first-order chi connectivity index (χ1) is 26.4. The van der Waals surface area contributed by atoms with Crippen molar-refractivity contribution in [1.29, 1.82) is 0 Å². The fourth-order valence-corrected chi connectivity index (χ4v) is 8.07.